The summed E-state index contributed by atoms with van der Waals surface area (Å²) in [4.78, 5) is 2.35. The van der Waals surface area contributed by atoms with Gasteiger partial charge in [0.25, 0.3) is 0 Å². The van der Waals surface area contributed by atoms with Crippen LogP contribution in [0, 0.1) is 0 Å². The Labute approximate surface area is 158 Å². The first-order valence-electron chi connectivity index (χ1n) is 8.79. The van der Waals surface area contributed by atoms with Crippen LogP contribution in [0.4, 0.5) is 11.4 Å². The Hall–Kier alpha value is -2.43. The smallest absolute Gasteiger partial charge is 0.134 e. The van der Waals surface area contributed by atoms with Crippen LogP contribution in [-0.2, 0) is 11.3 Å². The molecule has 4 rings (SSSR count). The van der Waals surface area contributed by atoms with Crippen LogP contribution in [0.3, 0.4) is 0 Å². The summed E-state index contributed by atoms with van der Waals surface area (Å²) in [6.07, 6.45) is 0. The summed E-state index contributed by atoms with van der Waals surface area (Å²) < 4.78 is 11.3. The molecule has 2 heterocycles. The Kier molecular flexibility index (Phi) is 5.14. The van der Waals surface area contributed by atoms with Gasteiger partial charge in [-0.1, -0.05) is 11.6 Å². The van der Waals surface area contributed by atoms with Crippen molar-refractivity contribution >= 4 is 23.0 Å². The first-order chi connectivity index (χ1) is 12.8. The molecule has 1 aromatic heterocycles. The summed E-state index contributed by atoms with van der Waals surface area (Å²) in [5, 5.41) is 4.13. The SMILES string of the molecule is Clc1ccc(-c2ccc(CNc3ccc(N4CCOCC4)cc3)o2)cc1. The Bertz CT molecular complexity index is 837. The summed E-state index contributed by atoms with van der Waals surface area (Å²) in [5.41, 5.74) is 3.34. The van der Waals surface area contributed by atoms with Crippen molar-refractivity contribution in [3.8, 4) is 11.3 Å². The number of hydrogen-bond acceptors (Lipinski definition) is 4. The van der Waals surface area contributed by atoms with Gasteiger partial charge in [0, 0.05) is 35.1 Å². The summed E-state index contributed by atoms with van der Waals surface area (Å²) in [5.74, 6) is 1.74. The van der Waals surface area contributed by atoms with E-state index in [1.807, 2.05) is 36.4 Å². The third-order valence-electron chi connectivity index (χ3n) is 4.50. The molecule has 3 aromatic rings. The Morgan fingerprint density at radius 1 is 0.885 bits per heavy atom. The largest absolute Gasteiger partial charge is 0.459 e. The van der Waals surface area contributed by atoms with Gasteiger partial charge < -0.3 is 19.4 Å². The topological polar surface area (TPSA) is 37.6 Å². The molecule has 1 N–H and O–H groups in total. The molecule has 0 bridgehead atoms. The Morgan fingerprint density at radius 2 is 1.62 bits per heavy atom. The van der Waals surface area contributed by atoms with Gasteiger partial charge in [0.1, 0.15) is 11.5 Å². The highest BCUT2D eigenvalue weighted by Gasteiger charge is 2.11. The predicted octanol–water partition coefficient (Wildman–Crippen LogP) is 5.05. The number of nitrogens with one attached hydrogen (secondary N) is 1. The molecule has 1 aliphatic heterocycles. The fourth-order valence-corrected chi connectivity index (χ4v) is 3.17. The molecular formula is C21H21ClN2O2. The van der Waals surface area contributed by atoms with Gasteiger partial charge in [0.2, 0.25) is 0 Å². The van der Waals surface area contributed by atoms with Gasteiger partial charge in [-0.05, 0) is 60.7 Å². The van der Waals surface area contributed by atoms with Crippen molar-refractivity contribution in [3.63, 3.8) is 0 Å². The van der Waals surface area contributed by atoms with Crippen molar-refractivity contribution in [3.05, 3.63) is 71.4 Å². The number of furan rings is 1. The molecule has 0 amide bonds. The molecule has 26 heavy (non-hydrogen) atoms. The number of morpholine rings is 1. The molecule has 0 unspecified atom stereocenters. The molecule has 1 fully saturated rings. The Balaban J connectivity index is 1.36. The lowest BCUT2D eigenvalue weighted by Crippen LogP contribution is -2.36. The quantitative estimate of drug-likeness (QED) is 0.684. The van der Waals surface area contributed by atoms with Gasteiger partial charge in [-0.3, -0.25) is 0 Å². The van der Waals surface area contributed by atoms with Crippen LogP contribution in [0.25, 0.3) is 11.3 Å². The molecule has 4 nitrogen and oxygen atoms in total. The summed E-state index contributed by atoms with van der Waals surface area (Å²) in [6, 6.07) is 20.2. The summed E-state index contributed by atoms with van der Waals surface area (Å²) in [7, 11) is 0. The lowest BCUT2D eigenvalue weighted by molar-refractivity contribution is 0.122. The molecule has 2 aromatic carbocycles. The normalized spacial score (nSPS) is 14.4. The zero-order valence-corrected chi connectivity index (χ0v) is 15.2. The lowest BCUT2D eigenvalue weighted by Gasteiger charge is -2.28. The minimum Gasteiger partial charge on any atom is -0.459 e. The van der Waals surface area contributed by atoms with E-state index in [0.717, 1.165) is 54.1 Å². The number of halogens is 1. The van der Waals surface area contributed by atoms with E-state index in [4.69, 9.17) is 20.8 Å². The van der Waals surface area contributed by atoms with Crippen molar-refractivity contribution in [2.24, 2.45) is 0 Å². The van der Waals surface area contributed by atoms with Gasteiger partial charge >= 0.3 is 0 Å². The standard InChI is InChI=1S/C21H21ClN2O2/c22-17-3-1-16(2-4-17)21-10-9-20(26-21)15-23-18-5-7-19(8-6-18)24-11-13-25-14-12-24/h1-10,23H,11-15H2. The maximum Gasteiger partial charge on any atom is 0.134 e. The monoisotopic (exact) mass is 368 g/mol. The van der Waals surface area contributed by atoms with Crippen molar-refractivity contribution < 1.29 is 9.15 Å². The van der Waals surface area contributed by atoms with Crippen LogP contribution < -0.4 is 10.2 Å². The minimum atomic E-state index is 0.643. The third-order valence-corrected chi connectivity index (χ3v) is 4.75. The van der Waals surface area contributed by atoms with E-state index in [9.17, 15) is 0 Å². The molecule has 134 valence electrons. The van der Waals surface area contributed by atoms with Crippen molar-refractivity contribution in [2.45, 2.75) is 6.54 Å². The number of nitrogens with zero attached hydrogens (tertiary/aromatic N) is 1. The average molecular weight is 369 g/mol. The molecular weight excluding hydrogens is 348 g/mol. The van der Waals surface area contributed by atoms with Crippen molar-refractivity contribution in [1.29, 1.82) is 0 Å². The second-order valence-electron chi connectivity index (χ2n) is 6.27. The van der Waals surface area contributed by atoms with Gasteiger partial charge in [0.05, 0.1) is 19.8 Å². The number of ether oxygens (including phenoxy) is 1. The number of anilines is 2. The van der Waals surface area contributed by atoms with E-state index in [1.54, 1.807) is 0 Å². The van der Waals surface area contributed by atoms with E-state index in [2.05, 4.69) is 34.5 Å². The lowest BCUT2D eigenvalue weighted by atomic mass is 10.2. The minimum absolute atomic E-state index is 0.643. The highest BCUT2D eigenvalue weighted by atomic mass is 35.5. The maximum atomic E-state index is 5.93. The Morgan fingerprint density at radius 3 is 2.35 bits per heavy atom. The first kappa shape index (κ1) is 17.0. The second kappa shape index (κ2) is 7.85. The first-order valence-corrected chi connectivity index (χ1v) is 9.17. The molecule has 0 saturated carbocycles. The second-order valence-corrected chi connectivity index (χ2v) is 6.71. The van der Waals surface area contributed by atoms with Crippen LogP contribution >= 0.6 is 11.6 Å². The van der Waals surface area contributed by atoms with Crippen LogP contribution in [0.15, 0.2) is 65.1 Å². The summed E-state index contributed by atoms with van der Waals surface area (Å²) in [6.45, 7) is 4.15. The van der Waals surface area contributed by atoms with E-state index < -0.39 is 0 Å². The number of benzene rings is 2. The maximum absolute atomic E-state index is 5.93. The number of hydrogen-bond donors (Lipinski definition) is 1. The van der Waals surface area contributed by atoms with Crippen LogP contribution in [0.1, 0.15) is 5.76 Å². The molecule has 0 aliphatic carbocycles. The van der Waals surface area contributed by atoms with Crippen LogP contribution in [0.5, 0.6) is 0 Å². The molecule has 0 atom stereocenters. The summed E-state index contributed by atoms with van der Waals surface area (Å²) >= 11 is 5.93. The molecule has 0 spiro atoms. The zero-order chi connectivity index (χ0) is 17.8. The van der Waals surface area contributed by atoms with Gasteiger partial charge in [-0.25, -0.2) is 0 Å². The van der Waals surface area contributed by atoms with Crippen molar-refractivity contribution in [2.75, 3.05) is 36.5 Å². The highest BCUT2D eigenvalue weighted by molar-refractivity contribution is 6.30. The fourth-order valence-electron chi connectivity index (χ4n) is 3.04. The van der Waals surface area contributed by atoms with E-state index in [0.29, 0.717) is 6.54 Å². The highest BCUT2D eigenvalue weighted by Crippen LogP contribution is 2.25. The van der Waals surface area contributed by atoms with E-state index in [-0.39, 0.29) is 0 Å². The molecule has 1 saturated heterocycles. The molecule has 0 radical (unpaired) electrons. The van der Waals surface area contributed by atoms with E-state index >= 15 is 0 Å². The van der Waals surface area contributed by atoms with Crippen LogP contribution in [-0.4, -0.2) is 26.3 Å². The van der Waals surface area contributed by atoms with E-state index in [1.165, 1.54) is 5.69 Å². The van der Waals surface area contributed by atoms with Gasteiger partial charge in [0.15, 0.2) is 0 Å². The molecule has 1 aliphatic rings. The number of rotatable bonds is 5. The van der Waals surface area contributed by atoms with Crippen LogP contribution in [0.2, 0.25) is 5.02 Å². The zero-order valence-electron chi connectivity index (χ0n) is 14.5. The van der Waals surface area contributed by atoms with Gasteiger partial charge in [-0.15, -0.1) is 0 Å². The van der Waals surface area contributed by atoms with Crippen molar-refractivity contribution in [1.82, 2.24) is 0 Å². The predicted molar refractivity (Wildman–Crippen MR) is 106 cm³/mol. The van der Waals surface area contributed by atoms with Gasteiger partial charge in [-0.2, -0.15) is 0 Å². The molecule has 5 heteroatoms. The fraction of sp³-hybridized carbons (Fsp3) is 0.238. The third kappa shape index (κ3) is 4.03. The average Bonchev–Trinajstić information content (AvgIpc) is 3.17.